The number of anilines is 1. The van der Waals surface area contributed by atoms with Gasteiger partial charge in [0.05, 0.1) is 23.6 Å². The molecule has 6 nitrogen and oxygen atoms in total. The summed E-state index contributed by atoms with van der Waals surface area (Å²) >= 11 is 1.19. The van der Waals surface area contributed by atoms with Crippen molar-refractivity contribution in [2.24, 2.45) is 0 Å². The highest BCUT2D eigenvalue weighted by molar-refractivity contribution is 8.00. The molecule has 1 N–H and O–H groups in total. The number of nitrogens with one attached hydrogen (secondary N) is 1. The lowest BCUT2D eigenvalue weighted by Gasteiger charge is -2.22. The molecule has 0 fully saturated rings. The van der Waals surface area contributed by atoms with Crippen molar-refractivity contribution in [3.63, 3.8) is 0 Å². The second kappa shape index (κ2) is 10.6. The molecule has 2 unspecified atom stereocenters. The summed E-state index contributed by atoms with van der Waals surface area (Å²) in [7, 11) is 1.58. The molecule has 0 saturated heterocycles. The molecule has 34 heavy (non-hydrogen) atoms. The first-order valence-electron chi connectivity index (χ1n) is 10.8. The lowest BCUT2D eigenvalue weighted by Crippen LogP contribution is -2.29. The van der Waals surface area contributed by atoms with E-state index >= 15 is 0 Å². The largest absolute Gasteiger partial charge is 0.383 e. The maximum absolute atomic E-state index is 13.4. The van der Waals surface area contributed by atoms with E-state index in [9.17, 15) is 14.0 Å². The predicted molar refractivity (Wildman–Crippen MR) is 133 cm³/mol. The van der Waals surface area contributed by atoms with Crippen molar-refractivity contribution in [1.82, 2.24) is 9.55 Å². The van der Waals surface area contributed by atoms with Crippen LogP contribution in [0.5, 0.6) is 0 Å². The molecule has 0 spiro atoms. The Kier molecular flexibility index (Phi) is 7.40. The van der Waals surface area contributed by atoms with Gasteiger partial charge < -0.3 is 10.1 Å². The number of ether oxygens (including phenoxy) is 1. The number of carbonyl (C=O) groups is 1. The van der Waals surface area contributed by atoms with Gasteiger partial charge in [0.1, 0.15) is 11.1 Å². The zero-order chi connectivity index (χ0) is 24.1. The topological polar surface area (TPSA) is 73.2 Å². The average Bonchev–Trinajstić information content (AvgIpc) is 2.84. The molecule has 4 aromatic rings. The second-order valence-electron chi connectivity index (χ2n) is 7.80. The molecule has 8 heteroatoms. The van der Waals surface area contributed by atoms with Gasteiger partial charge in [-0.3, -0.25) is 14.2 Å². The maximum Gasteiger partial charge on any atom is 0.262 e. The predicted octanol–water partition coefficient (Wildman–Crippen LogP) is 5.22. The van der Waals surface area contributed by atoms with E-state index in [4.69, 9.17) is 9.72 Å². The Morgan fingerprint density at radius 1 is 1.06 bits per heavy atom. The van der Waals surface area contributed by atoms with Crippen LogP contribution in [0.2, 0.25) is 0 Å². The fourth-order valence-electron chi connectivity index (χ4n) is 3.66. The van der Waals surface area contributed by atoms with Gasteiger partial charge >= 0.3 is 0 Å². The Hall–Kier alpha value is -3.49. The van der Waals surface area contributed by atoms with E-state index in [1.165, 1.54) is 36.0 Å². The molecule has 1 aromatic heterocycles. The Bertz CT molecular complexity index is 1340. The standard InChI is InChI=1S/C26H24FN3O3S/c1-17(16-33-2)30-25(32)21-10-6-7-11-22(21)29-26(30)34-23(18-8-4-3-5-9-18)24(31)28-20-14-12-19(27)13-15-20/h3-15,17,23H,16H2,1-2H3,(H,28,31). The molecule has 0 radical (unpaired) electrons. The molecule has 3 aromatic carbocycles. The highest BCUT2D eigenvalue weighted by atomic mass is 32.2. The third kappa shape index (κ3) is 5.18. The summed E-state index contributed by atoms with van der Waals surface area (Å²) in [5.41, 5.74) is 1.59. The maximum atomic E-state index is 13.4. The first kappa shape index (κ1) is 23.7. The zero-order valence-electron chi connectivity index (χ0n) is 18.8. The Morgan fingerprint density at radius 3 is 2.44 bits per heavy atom. The van der Waals surface area contributed by atoms with Crippen molar-refractivity contribution < 1.29 is 13.9 Å². The fourth-order valence-corrected chi connectivity index (χ4v) is 4.86. The molecule has 4 rings (SSSR count). The van der Waals surface area contributed by atoms with Crippen molar-refractivity contribution in [3.05, 3.63) is 101 Å². The SMILES string of the molecule is COCC(C)n1c(SC(C(=O)Nc2ccc(F)cc2)c2ccccc2)nc2ccccc2c1=O. The number of thioether (sulfide) groups is 1. The molecule has 174 valence electrons. The molecule has 0 aliphatic carbocycles. The molecule has 2 atom stereocenters. The van der Waals surface area contributed by atoms with Crippen LogP contribution in [0.25, 0.3) is 10.9 Å². The number of rotatable bonds is 8. The minimum absolute atomic E-state index is 0.191. The van der Waals surface area contributed by atoms with Gasteiger partial charge in [-0.25, -0.2) is 9.37 Å². The zero-order valence-corrected chi connectivity index (χ0v) is 19.6. The van der Waals surface area contributed by atoms with Crippen LogP contribution in [0.3, 0.4) is 0 Å². The van der Waals surface area contributed by atoms with E-state index in [-0.39, 0.29) is 23.3 Å². The van der Waals surface area contributed by atoms with Crippen LogP contribution in [0.4, 0.5) is 10.1 Å². The number of halogens is 1. The van der Waals surface area contributed by atoms with Crippen LogP contribution in [0.15, 0.2) is 88.8 Å². The summed E-state index contributed by atoms with van der Waals surface area (Å²) in [4.78, 5) is 31.5. The van der Waals surface area contributed by atoms with Crippen molar-refractivity contribution >= 4 is 34.3 Å². The Labute approximate surface area is 200 Å². The van der Waals surface area contributed by atoms with Crippen molar-refractivity contribution in [2.75, 3.05) is 19.0 Å². The quantitative estimate of drug-likeness (QED) is 0.278. The number of para-hydroxylation sites is 1. The minimum atomic E-state index is -0.708. The lowest BCUT2D eigenvalue weighted by atomic mass is 10.1. The van der Waals surface area contributed by atoms with E-state index in [0.717, 1.165) is 5.56 Å². The summed E-state index contributed by atoms with van der Waals surface area (Å²) < 4.78 is 20.2. The molecule has 1 heterocycles. The lowest BCUT2D eigenvalue weighted by molar-refractivity contribution is -0.115. The van der Waals surface area contributed by atoms with Crippen LogP contribution in [-0.4, -0.2) is 29.2 Å². The molecule has 0 bridgehead atoms. The molecule has 1 amide bonds. The van der Waals surface area contributed by atoms with Gasteiger partial charge in [0.2, 0.25) is 5.91 Å². The second-order valence-corrected chi connectivity index (χ2v) is 8.87. The third-order valence-corrected chi connectivity index (χ3v) is 6.52. The minimum Gasteiger partial charge on any atom is -0.383 e. The number of aromatic nitrogens is 2. The van der Waals surface area contributed by atoms with E-state index in [1.54, 1.807) is 29.9 Å². The first-order valence-corrected chi connectivity index (χ1v) is 11.6. The summed E-state index contributed by atoms with van der Waals surface area (Å²) in [5, 5.41) is 3.05. The van der Waals surface area contributed by atoms with Crippen LogP contribution in [-0.2, 0) is 9.53 Å². The van der Waals surface area contributed by atoms with Crippen LogP contribution < -0.4 is 10.9 Å². The molecular formula is C26H24FN3O3S. The normalized spacial score (nSPS) is 12.9. The summed E-state index contributed by atoms with van der Waals surface area (Å²) in [6, 6.07) is 21.7. The van der Waals surface area contributed by atoms with Gasteiger partial charge in [0.25, 0.3) is 5.56 Å². The van der Waals surface area contributed by atoms with Gasteiger partial charge in [0.15, 0.2) is 5.16 Å². The molecule has 0 aliphatic rings. The molecule has 0 aliphatic heterocycles. The van der Waals surface area contributed by atoms with Gasteiger partial charge in [-0.2, -0.15) is 0 Å². The number of hydrogen-bond donors (Lipinski definition) is 1. The fraction of sp³-hybridized carbons (Fsp3) is 0.192. The summed E-state index contributed by atoms with van der Waals surface area (Å²) in [5.74, 6) is -0.695. The average molecular weight is 478 g/mol. The number of hydrogen-bond acceptors (Lipinski definition) is 5. The number of fused-ring (bicyclic) bond motifs is 1. The third-order valence-electron chi connectivity index (χ3n) is 5.30. The Morgan fingerprint density at radius 2 is 1.74 bits per heavy atom. The number of benzene rings is 3. The smallest absolute Gasteiger partial charge is 0.262 e. The van der Waals surface area contributed by atoms with Crippen LogP contribution in [0.1, 0.15) is 23.8 Å². The Balaban J connectivity index is 1.78. The number of amides is 1. The van der Waals surface area contributed by atoms with Gasteiger partial charge in [0, 0.05) is 12.8 Å². The van der Waals surface area contributed by atoms with Crippen molar-refractivity contribution in [3.8, 4) is 0 Å². The summed E-state index contributed by atoms with van der Waals surface area (Å²) in [6.45, 7) is 2.19. The number of nitrogens with zero attached hydrogens (tertiary/aromatic N) is 2. The van der Waals surface area contributed by atoms with Gasteiger partial charge in [-0.15, -0.1) is 0 Å². The molecular weight excluding hydrogens is 453 g/mol. The van der Waals surface area contributed by atoms with E-state index < -0.39 is 5.25 Å². The monoisotopic (exact) mass is 477 g/mol. The van der Waals surface area contributed by atoms with E-state index in [1.807, 2.05) is 43.3 Å². The van der Waals surface area contributed by atoms with Gasteiger partial charge in [-0.05, 0) is 48.9 Å². The number of methoxy groups -OCH3 is 1. The van der Waals surface area contributed by atoms with Crippen molar-refractivity contribution in [2.45, 2.75) is 23.4 Å². The van der Waals surface area contributed by atoms with Gasteiger partial charge in [-0.1, -0.05) is 54.2 Å². The van der Waals surface area contributed by atoms with Crippen LogP contribution in [0, 0.1) is 5.82 Å². The highest BCUT2D eigenvalue weighted by Gasteiger charge is 2.26. The first-order chi connectivity index (χ1) is 16.5. The van der Waals surface area contributed by atoms with Crippen molar-refractivity contribution in [1.29, 1.82) is 0 Å². The van der Waals surface area contributed by atoms with Crippen LogP contribution >= 0.6 is 11.8 Å². The van der Waals surface area contributed by atoms with E-state index in [2.05, 4.69) is 5.32 Å². The number of carbonyl (C=O) groups excluding carboxylic acids is 1. The van der Waals surface area contributed by atoms with E-state index in [0.29, 0.717) is 28.4 Å². The summed E-state index contributed by atoms with van der Waals surface area (Å²) in [6.07, 6.45) is 0. The highest BCUT2D eigenvalue weighted by Crippen LogP contribution is 2.36. The molecule has 0 saturated carbocycles.